The molecule has 1 unspecified atom stereocenters. The van der Waals surface area contributed by atoms with Crippen LogP contribution in [0, 0.1) is 0 Å². The van der Waals surface area contributed by atoms with Crippen LogP contribution >= 0.6 is 0 Å². The first-order chi connectivity index (χ1) is 7.76. The Labute approximate surface area is 96.5 Å². The number of hydrogen-bond donors (Lipinski definition) is 1. The molecule has 1 rings (SSSR count). The average molecular weight is 225 g/mol. The molecule has 4 heteroatoms. The molecule has 16 heavy (non-hydrogen) atoms. The van der Waals surface area contributed by atoms with Crippen molar-refractivity contribution in [2.75, 3.05) is 34.9 Å². The molecule has 0 saturated heterocycles. The summed E-state index contributed by atoms with van der Waals surface area (Å²) in [6.45, 7) is 0.735. The van der Waals surface area contributed by atoms with Crippen LogP contribution in [0.4, 0.5) is 0 Å². The average Bonchev–Trinajstić information content (AvgIpc) is 2.35. The maximum atomic E-state index is 5.41. The van der Waals surface area contributed by atoms with E-state index in [0.29, 0.717) is 0 Å². The second-order valence-electron chi connectivity index (χ2n) is 3.39. The van der Waals surface area contributed by atoms with Gasteiger partial charge in [-0.3, -0.25) is 0 Å². The van der Waals surface area contributed by atoms with Crippen molar-refractivity contribution >= 4 is 0 Å². The first-order valence-corrected chi connectivity index (χ1v) is 5.16. The largest absolute Gasteiger partial charge is 0.497 e. The molecular formula is C12H19NO3. The van der Waals surface area contributed by atoms with Crippen LogP contribution < -0.4 is 14.8 Å². The molecule has 90 valence electrons. The van der Waals surface area contributed by atoms with Gasteiger partial charge in [0.05, 0.1) is 20.3 Å². The molecule has 0 aliphatic rings. The second-order valence-corrected chi connectivity index (χ2v) is 3.39. The third kappa shape index (κ3) is 2.87. The minimum atomic E-state index is -0.0224. The Morgan fingerprint density at radius 1 is 1.19 bits per heavy atom. The van der Waals surface area contributed by atoms with Crippen molar-refractivity contribution in [2.45, 2.75) is 6.10 Å². The number of hydrogen-bond acceptors (Lipinski definition) is 4. The summed E-state index contributed by atoms with van der Waals surface area (Å²) in [5.74, 6) is 1.56. The highest BCUT2D eigenvalue weighted by atomic mass is 16.5. The lowest BCUT2D eigenvalue weighted by atomic mass is 10.1. The van der Waals surface area contributed by atoms with Crippen molar-refractivity contribution in [2.24, 2.45) is 0 Å². The number of nitrogens with one attached hydrogen (secondary N) is 1. The second kappa shape index (κ2) is 6.35. The Morgan fingerprint density at radius 3 is 2.44 bits per heavy atom. The van der Waals surface area contributed by atoms with Crippen molar-refractivity contribution in [3.05, 3.63) is 23.8 Å². The van der Waals surface area contributed by atoms with Crippen LogP contribution in [0.3, 0.4) is 0 Å². The normalized spacial score (nSPS) is 12.2. The van der Waals surface area contributed by atoms with E-state index in [1.807, 2.05) is 25.2 Å². The molecule has 0 fully saturated rings. The summed E-state index contributed by atoms with van der Waals surface area (Å²) in [6.07, 6.45) is -0.0224. The predicted octanol–water partition coefficient (Wildman–Crippen LogP) is 1.61. The minimum Gasteiger partial charge on any atom is -0.497 e. The Kier molecular flexibility index (Phi) is 5.08. The molecule has 0 aliphatic heterocycles. The van der Waals surface area contributed by atoms with Gasteiger partial charge in [-0.25, -0.2) is 0 Å². The van der Waals surface area contributed by atoms with Gasteiger partial charge in [-0.1, -0.05) is 0 Å². The van der Waals surface area contributed by atoms with E-state index in [1.165, 1.54) is 0 Å². The van der Waals surface area contributed by atoms with Crippen LogP contribution in [0.15, 0.2) is 18.2 Å². The van der Waals surface area contributed by atoms with E-state index >= 15 is 0 Å². The monoisotopic (exact) mass is 225 g/mol. The summed E-state index contributed by atoms with van der Waals surface area (Å²) >= 11 is 0. The first-order valence-electron chi connectivity index (χ1n) is 5.16. The molecular weight excluding hydrogens is 206 g/mol. The molecule has 1 aromatic rings. The summed E-state index contributed by atoms with van der Waals surface area (Å²) in [5, 5.41) is 3.09. The molecule has 0 aromatic heterocycles. The van der Waals surface area contributed by atoms with Crippen LogP contribution in [-0.2, 0) is 4.74 Å². The number of rotatable bonds is 6. The summed E-state index contributed by atoms with van der Waals surface area (Å²) in [6, 6.07) is 5.72. The van der Waals surface area contributed by atoms with Gasteiger partial charge in [0, 0.05) is 25.3 Å². The van der Waals surface area contributed by atoms with E-state index in [2.05, 4.69) is 5.32 Å². The maximum absolute atomic E-state index is 5.41. The van der Waals surface area contributed by atoms with Gasteiger partial charge in [0.15, 0.2) is 0 Å². The third-order valence-corrected chi connectivity index (χ3v) is 2.46. The minimum absolute atomic E-state index is 0.0224. The number of methoxy groups -OCH3 is 3. The summed E-state index contributed by atoms with van der Waals surface area (Å²) < 4.78 is 15.9. The summed E-state index contributed by atoms with van der Waals surface area (Å²) in [7, 11) is 6.86. The van der Waals surface area contributed by atoms with Crippen molar-refractivity contribution in [3.63, 3.8) is 0 Å². The van der Waals surface area contributed by atoms with E-state index in [4.69, 9.17) is 14.2 Å². The zero-order chi connectivity index (χ0) is 12.0. The molecule has 0 aliphatic carbocycles. The Hall–Kier alpha value is -1.26. The number of ether oxygens (including phenoxy) is 3. The Bertz CT molecular complexity index is 328. The van der Waals surface area contributed by atoms with Gasteiger partial charge in [0.25, 0.3) is 0 Å². The van der Waals surface area contributed by atoms with Gasteiger partial charge in [0.2, 0.25) is 0 Å². The SMILES string of the molecule is CNCC(OC)c1ccc(OC)cc1OC. The zero-order valence-corrected chi connectivity index (χ0v) is 10.2. The molecule has 1 N–H and O–H groups in total. The van der Waals surface area contributed by atoms with E-state index < -0.39 is 0 Å². The Balaban J connectivity index is 3.01. The van der Waals surface area contributed by atoms with Crippen molar-refractivity contribution in [3.8, 4) is 11.5 Å². The number of benzene rings is 1. The highest BCUT2D eigenvalue weighted by Crippen LogP contribution is 2.30. The zero-order valence-electron chi connectivity index (χ0n) is 10.2. The molecule has 1 atom stereocenters. The predicted molar refractivity (Wildman–Crippen MR) is 63.2 cm³/mol. The van der Waals surface area contributed by atoms with E-state index in [9.17, 15) is 0 Å². The lowest BCUT2D eigenvalue weighted by molar-refractivity contribution is 0.102. The summed E-state index contributed by atoms with van der Waals surface area (Å²) in [5.41, 5.74) is 1.01. The highest BCUT2D eigenvalue weighted by molar-refractivity contribution is 5.42. The van der Waals surface area contributed by atoms with Crippen molar-refractivity contribution in [1.29, 1.82) is 0 Å². The summed E-state index contributed by atoms with van der Waals surface area (Å²) in [4.78, 5) is 0. The standard InChI is InChI=1S/C12H19NO3/c1-13-8-12(16-4)10-6-5-9(14-2)7-11(10)15-3/h5-7,12-13H,8H2,1-4H3. The molecule has 0 bridgehead atoms. The van der Waals surface area contributed by atoms with Gasteiger partial charge >= 0.3 is 0 Å². The van der Waals surface area contributed by atoms with Crippen molar-refractivity contribution in [1.82, 2.24) is 5.32 Å². The van der Waals surface area contributed by atoms with Gasteiger partial charge < -0.3 is 19.5 Å². The first kappa shape index (κ1) is 12.8. The maximum Gasteiger partial charge on any atom is 0.128 e. The van der Waals surface area contributed by atoms with Crippen LogP contribution in [0.5, 0.6) is 11.5 Å². The van der Waals surface area contributed by atoms with Gasteiger partial charge in [-0.15, -0.1) is 0 Å². The van der Waals surface area contributed by atoms with E-state index in [1.54, 1.807) is 21.3 Å². The topological polar surface area (TPSA) is 39.7 Å². The van der Waals surface area contributed by atoms with Gasteiger partial charge in [-0.2, -0.15) is 0 Å². The van der Waals surface area contributed by atoms with E-state index in [-0.39, 0.29) is 6.10 Å². The highest BCUT2D eigenvalue weighted by Gasteiger charge is 2.15. The van der Waals surface area contributed by atoms with E-state index in [0.717, 1.165) is 23.6 Å². The number of likely N-dealkylation sites (N-methyl/N-ethyl adjacent to an activating group) is 1. The van der Waals surface area contributed by atoms with Crippen LogP contribution in [0.25, 0.3) is 0 Å². The molecule has 0 amide bonds. The fourth-order valence-corrected chi connectivity index (χ4v) is 1.59. The Morgan fingerprint density at radius 2 is 1.94 bits per heavy atom. The molecule has 0 saturated carbocycles. The molecule has 0 radical (unpaired) electrons. The lowest BCUT2D eigenvalue weighted by Crippen LogP contribution is -2.19. The third-order valence-electron chi connectivity index (χ3n) is 2.46. The van der Waals surface area contributed by atoms with Gasteiger partial charge in [0.1, 0.15) is 11.5 Å². The molecule has 0 spiro atoms. The fraction of sp³-hybridized carbons (Fsp3) is 0.500. The lowest BCUT2D eigenvalue weighted by Gasteiger charge is -2.18. The fourth-order valence-electron chi connectivity index (χ4n) is 1.59. The van der Waals surface area contributed by atoms with Crippen LogP contribution in [-0.4, -0.2) is 34.9 Å². The molecule has 1 aromatic carbocycles. The van der Waals surface area contributed by atoms with Crippen LogP contribution in [0.2, 0.25) is 0 Å². The van der Waals surface area contributed by atoms with Crippen LogP contribution in [0.1, 0.15) is 11.7 Å². The van der Waals surface area contributed by atoms with Crippen molar-refractivity contribution < 1.29 is 14.2 Å². The smallest absolute Gasteiger partial charge is 0.128 e. The molecule has 4 nitrogen and oxygen atoms in total. The molecule has 0 heterocycles. The van der Waals surface area contributed by atoms with Gasteiger partial charge in [-0.05, 0) is 19.2 Å². The quantitative estimate of drug-likeness (QED) is 0.798.